The molecule has 0 bridgehead atoms. The fourth-order valence-corrected chi connectivity index (χ4v) is 4.34. The highest BCUT2D eigenvalue weighted by atomic mass is 79.9. The van der Waals surface area contributed by atoms with Crippen molar-refractivity contribution in [2.75, 3.05) is 11.5 Å². The Kier molecular flexibility index (Phi) is 7.60. The van der Waals surface area contributed by atoms with Crippen LogP contribution in [0.25, 0.3) is 6.08 Å². The van der Waals surface area contributed by atoms with Gasteiger partial charge in [-0.1, -0.05) is 69.5 Å². The van der Waals surface area contributed by atoms with E-state index < -0.39 is 17.8 Å². The van der Waals surface area contributed by atoms with Crippen LogP contribution in [0, 0.1) is 0 Å². The summed E-state index contributed by atoms with van der Waals surface area (Å²) >= 11 is 15.6. The fraction of sp³-hybridized carbons (Fsp3) is 0.115. The van der Waals surface area contributed by atoms with Crippen molar-refractivity contribution in [1.29, 1.82) is 0 Å². The number of hydrogen-bond donors (Lipinski definition) is 1. The quantitative estimate of drug-likeness (QED) is 0.273. The monoisotopic (exact) mass is 572 g/mol. The molecule has 9 heteroatoms. The van der Waals surface area contributed by atoms with Gasteiger partial charge in [-0.3, -0.25) is 14.9 Å². The third kappa shape index (κ3) is 5.42. The number of amides is 4. The molecule has 3 aromatic carbocycles. The Morgan fingerprint density at radius 1 is 0.971 bits per heavy atom. The molecule has 4 rings (SSSR count). The minimum absolute atomic E-state index is 0.175. The van der Waals surface area contributed by atoms with Gasteiger partial charge in [0.2, 0.25) is 0 Å². The molecule has 3 aromatic rings. The van der Waals surface area contributed by atoms with Crippen molar-refractivity contribution < 1.29 is 19.1 Å². The largest absolute Gasteiger partial charge is 0.494 e. The maximum absolute atomic E-state index is 13.2. The lowest BCUT2D eigenvalue weighted by atomic mass is 10.0. The SMILES string of the molecule is CCOc1cc(/C=C2\C(=O)NC(=O)N(c3ccc(Cl)c(Cl)c3)C2=O)ccc1Cc1ccccc1Br. The van der Waals surface area contributed by atoms with Crippen molar-refractivity contribution in [2.45, 2.75) is 13.3 Å². The number of hydrogen-bond acceptors (Lipinski definition) is 4. The summed E-state index contributed by atoms with van der Waals surface area (Å²) in [5, 5.41) is 2.65. The average molecular weight is 574 g/mol. The maximum atomic E-state index is 13.2. The van der Waals surface area contributed by atoms with Crippen LogP contribution in [0.1, 0.15) is 23.6 Å². The molecule has 0 spiro atoms. The van der Waals surface area contributed by atoms with Crippen molar-refractivity contribution >= 4 is 68.7 Å². The van der Waals surface area contributed by atoms with Crippen LogP contribution in [0.3, 0.4) is 0 Å². The van der Waals surface area contributed by atoms with Gasteiger partial charge in [0.1, 0.15) is 11.3 Å². The summed E-state index contributed by atoms with van der Waals surface area (Å²) in [6, 6.07) is 16.8. The van der Waals surface area contributed by atoms with Gasteiger partial charge < -0.3 is 4.74 Å². The third-order valence-corrected chi connectivity index (χ3v) is 6.82. The van der Waals surface area contributed by atoms with E-state index in [1.54, 1.807) is 12.1 Å². The second-order valence-electron chi connectivity index (χ2n) is 7.62. The van der Waals surface area contributed by atoms with Crippen LogP contribution in [-0.2, 0) is 16.0 Å². The Morgan fingerprint density at radius 2 is 1.74 bits per heavy atom. The summed E-state index contributed by atoms with van der Waals surface area (Å²) in [5.41, 5.74) is 2.62. The number of nitrogens with zero attached hydrogens (tertiary/aromatic N) is 1. The molecule has 0 saturated carbocycles. The molecule has 35 heavy (non-hydrogen) atoms. The lowest BCUT2D eigenvalue weighted by molar-refractivity contribution is -0.122. The van der Waals surface area contributed by atoms with Crippen LogP contribution >= 0.6 is 39.1 Å². The van der Waals surface area contributed by atoms with Crippen molar-refractivity contribution in [3.63, 3.8) is 0 Å². The molecule has 1 aliphatic heterocycles. The normalized spacial score (nSPS) is 14.9. The first-order valence-electron chi connectivity index (χ1n) is 10.6. The molecule has 1 saturated heterocycles. The molecule has 1 fully saturated rings. The van der Waals surface area contributed by atoms with E-state index in [2.05, 4.69) is 21.2 Å². The van der Waals surface area contributed by atoms with Crippen LogP contribution in [0.4, 0.5) is 10.5 Å². The molecule has 4 amide bonds. The summed E-state index contributed by atoms with van der Waals surface area (Å²) in [4.78, 5) is 39.0. The van der Waals surface area contributed by atoms with Gasteiger partial charge in [-0.05, 0) is 60.0 Å². The summed E-state index contributed by atoms with van der Waals surface area (Å²) in [5.74, 6) is -0.919. The maximum Gasteiger partial charge on any atom is 0.335 e. The average Bonchev–Trinajstić information content (AvgIpc) is 2.82. The first kappa shape index (κ1) is 25.0. The standard InChI is InChI=1S/C26H19BrCl2N2O4/c1-2-35-23-12-15(7-8-17(23)13-16-5-3-4-6-20(16)27)11-19-24(32)30-26(34)31(25(19)33)18-9-10-21(28)22(29)14-18/h3-12,14H,2,13H2,1H3,(H,30,32,34)/b19-11+. The highest BCUT2D eigenvalue weighted by Gasteiger charge is 2.37. The molecule has 1 aliphatic rings. The van der Waals surface area contributed by atoms with Gasteiger partial charge in [-0.15, -0.1) is 0 Å². The van der Waals surface area contributed by atoms with Crippen LogP contribution in [0.2, 0.25) is 10.0 Å². The smallest absolute Gasteiger partial charge is 0.335 e. The molecule has 0 aromatic heterocycles. The van der Waals surface area contributed by atoms with E-state index in [1.807, 2.05) is 37.3 Å². The van der Waals surface area contributed by atoms with E-state index in [1.165, 1.54) is 24.3 Å². The Labute approximate surface area is 220 Å². The number of nitrogens with one attached hydrogen (secondary N) is 1. The first-order valence-corrected chi connectivity index (χ1v) is 12.2. The topological polar surface area (TPSA) is 75.7 Å². The molecular formula is C26H19BrCl2N2O4. The third-order valence-electron chi connectivity index (χ3n) is 5.30. The lowest BCUT2D eigenvalue weighted by Gasteiger charge is -2.26. The molecule has 0 aliphatic carbocycles. The van der Waals surface area contributed by atoms with E-state index >= 15 is 0 Å². The lowest BCUT2D eigenvalue weighted by Crippen LogP contribution is -2.54. The predicted molar refractivity (Wildman–Crippen MR) is 140 cm³/mol. The zero-order valence-electron chi connectivity index (χ0n) is 18.5. The number of carbonyl (C=O) groups is 3. The van der Waals surface area contributed by atoms with E-state index in [0.717, 1.165) is 20.5 Å². The highest BCUT2D eigenvalue weighted by Crippen LogP contribution is 2.31. The minimum Gasteiger partial charge on any atom is -0.494 e. The number of ether oxygens (including phenoxy) is 1. The molecular weight excluding hydrogens is 555 g/mol. The van der Waals surface area contributed by atoms with Crippen molar-refractivity contribution in [1.82, 2.24) is 5.32 Å². The number of halogens is 3. The molecule has 0 radical (unpaired) electrons. The van der Waals surface area contributed by atoms with Crippen LogP contribution < -0.4 is 15.0 Å². The van der Waals surface area contributed by atoms with Gasteiger partial charge in [-0.25, -0.2) is 9.69 Å². The van der Waals surface area contributed by atoms with E-state index in [9.17, 15) is 14.4 Å². The van der Waals surface area contributed by atoms with Gasteiger partial charge in [0.05, 0.1) is 22.3 Å². The number of anilines is 1. The summed E-state index contributed by atoms with van der Waals surface area (Å²) in [6.07, 6.45) is 2.06. The molecule has 0 atom stereocenters. The fourth-order valence-electron chi connectivity index (χ4n) is 3.63. The van der Waals surface area contributed by atoms with Gasteiger partial charge in [0.15, 0.2) is 0 Å². The number of benzene rings is 3. The van der Waals surface area contributed by atoms with Crippen molar-refractivity contribution in [3.8, 4) is 5.75 Å². The Hall–Kier alpha value is -3.13. The number of carbonyl (C=O) groups excluding carboxylic acids is 3. The van der Waals surface area contributed by atoms with Crippen LogP contribution in [-0.4, -0.2) is 24.5 Å². The molecule has 0 unspecified atom stereocenters. The van der Waals surface area contributed by atoms with E-state index in [0.29, 0.717) is 24.3 Å². The van der Waals surface area contributed by atoms with E-state index in [4.69, 9.17) is 27.9 Å². The zero-order chi connectivity index (χ0) is 25.1. The molecule has 178 valence electrons. The summed E-state index contributed by atoms with van der Waals surface area (Å²) in [6.45, 7) is 2.33. The summed E-state index contributed by atoms with van der Waals surface area (Å²) in [7, 11) is 0. The van der Waals surface area contributed by atoms with Gasteiger partial charge in [0.25, 0.3) is 11.8 Å². The number of barbiturate groups is 1. The first-order chi connectivity index (χ1) is 16.8. The van der Waals surface area contributed by atoms with Gasteiger partial charge >= 0.3 is 6.03 Å². The number of urea groups is 1. The molecule has 1 N–H and O–H groups in total. The number of rotatable bonds is 6. The molecule has 1 heterocycles. The zero-order valence-corrected chi connectivity index (χ0v) is 21.6. The number of imide groups is 2. The molecule has 6 nitrogen and oxygen atoms in total. The Balaban J connectivity index is 1.68. The van der Waals surface area contributed by atoms with Crippen LogP contribution in [0.15, 0.2) is 70.7 Å². The Morgan fingerprint density at radius 3 is 2.46 bits per heavy atom. The highest BCUT2D eigenvalue weighted by molar-refractivity contribution is 9.10. The van der Waals surface area contributed by atoms with Crippen molar-refractivity contribution in [3.05, 3.63) is 97.4 Å². The minimum atomic E-state index is -0.866. The second kappa shape index (κ2) is 10.6. The second-order valence-corrected chi connectivity index (χ2v) is 9.29. The van der Waals surface area contributed by atoms with Crippen LogP contribution in [0.5, 0.6) is 5.75 Å². The van der Waals surface area contributed by atoms with Crippen molar-refractivity contribution in [2.24, 2.45) is 0 Å². The van der Waals surface area contributed by atoms with E-state index in [-0.39, 0.29) is 21.3 Å². The predicted octanol–water partition coefficient (Wildman–Crippen LogP) is 6.41. The van der Waals surface area contributed by atoms with Gasteiger partial charge in [-0.2, -0.15) is 0 Å². The Bertz CT molecular complexity index is 1370. The summed E-state index contributed by atoms with van der Waals surface area (Å²) < 4.78 is 6.83. The van der Waals surface area contributed by atoms with Gasteiger partial charge in [0, 0.05) is 10.9 Å².